The number of aromatic nitrogens is 1. The molecule has 1 aromatic carbocycles. The van der Waals surface area contributed by atoms with Gasteiger partial charge >= 0.3 is 6.18 Å². The number of benzene rings is 1. The second-order valence-corrected chi connectivity index (χ2v) is 6.95. The van der Waals surface area contributed by atoms with Crippen molar-refractivity contribution in [3.05, 3.63) is 47.4 Å². The van der Waals surface area contributed by atoms with Crippen LogP contribution in [-0.2, 0) is 15.8 Å². The number of likely N-dealkylation sites (N-methyl/N-ethyl adjacent to an activating group) is 1. The minimum atomic E-state index is -4.62. The third-order valence-corrected chi connectivity index (χ3v) is 4.94. The molecule has 2 aromatic rings. The molecule has 1 N–H and O–H groups in total. The van der Waals surface area contributed by atoms with E-state index in [1.54, 1.807) is 0 Å². The van der Waals surface area contributed by atoms with Gasteiger partial charge in [0.25, 0.3) is 0 Å². The van der Waals surface area contributed by atoms with E-state index in [0.717, 1.165) is 17.0 Å². The zero-order valence-corrected chi connectivity index (χ0v) is 16.5. The van der Waals surface area contributed by atoms with E-state index in [9.17, 15) is 27.2 Å². The Labute approximate surface area is 170 Å². The minimum absolute atomic E-state index is 0.0107. The number of hydrogen-bond donors (Lipinski definition) is 1. The normalized spacial score (nSPS) is 16.7. The van der Waals surface area contributed by atoms with Crippen molar-refractivity contribution in [3.63, 3.8) is 0 Å². The molecule has 0 radical (unpaired) electrons. The molecule has 10 heteroatoms. The number of aryl methyl sites for hydroxylation is 1. The van der Waals surface area contributed by atoms with Crippen LogP contribution in [0.1, 0.15) is 24.1 Å². The Kier molecular flexibility index (Phi) is 5.69. The molecular weight excluding hydrogens is 404 g/mol. The molecule has 1 aromatic heterocycles. The highest BCUT2D eigenvalue weighted by Gasteiger charge is 2.41. The van der Waals surface area contributed by atoms with E-state index in [2.05, 4.69) is 10.3 Å². The maximum absolute atomic E-state index is 14.1. The number of pyridine rings is 1. The second kappa shape index (κ2) is 7.92. The number of para-hydroxylation sites is 1. The van der Waals surface area contributed by atoms with Gasteiger partial charge in [-0.25, -0.2) is 9.37 Å². The lowest BCUT2D eigenvalue weighted by atomic mass is 10.1. The fourth-order valence-corrected chi connectivity index (χ4v) is 3.53. The highest BCUT2D eigenvalue weighted by molar-refractivity contribution is 6.08. The van der Waals surface area contributed by atoms with Crippen LogP contribution in [0.4, 0.5) is 34.8 Å². The van der Waals surface area contributed by atoms with Gasteiger partial charge in [-0.3, -0.25) is 14.5 Å². The zero-order valence-electron chi connectivity index (χ0n) is 16.5. The molecule has 3 rings (SSSR count). The molecular formula is C20H20F4N4O2. The van der Waals surface area contributed by atoms with Crippen LogP contribution in [0.3, 0.4) is 0 Å². The van der Waals surface area contributed by atoms with Crippen molar-refractivity contribution in [1.29, 1.82) is 0 Å². The first-order valence-corrected chi connectivity index (χ1v) is 9.16. The van der Waals surface area contributed by atoms with Crippen LogP contribution in [0.5, 0.6) is 0 Å². The van der Waals surface area contributed by atoms with Gasteiger partial charge in [-0.2, -0.15) is 13.2 Å². The molecule has 2 heterocycles. The van der Waals surface area contributed by atoms with Crippen molar-refractivity contribution < 1.29 is 27.2 Å². The maximum atomic E-state index is 14.1. The number of carbonyl (C=O) groups is 2. The molecule has 0 bridgehead atoms. The van der Waals surface area contributed by atoms with Crippen molar-refractivity contribution in [1.82, 2.24) is 4.98 Å². The van der Waals surface area contributed by atoms with Crippen LogP contribution in [0.2, 0.25) is 0 Å². The van der Waals surface area contributed by atoms with Gasteiger partial charge in [0.1, 0.15) is 17.7 Å². The number of halogens is 4. The number of alkyl halides is 3. The maximum Gasteiger partial charge on any atom is 0.416 e. The fourth-order valence-electron chi connectivity index (χ4n) is 3.53. The number of amides is 2. The van der Waals surface area contributed by atoms with E-state index in [4.69, 9.17) is 0 Å². The average Bonchev–Trinajstić information content (AvgIpc) is 3.06. The van der Waals surface area contributed by atoms with Crippen molar-refractivity contribution >= 4 is 29.0 Å². The van der Waals surface area contributed by atoms with Crippen LogP contribution >= 0.6 is 0 Å². The summed E-state index contributed by atoms with van der Waals surface area (Å²) in [5.41, 5.74) is -0.541. The number of anilines is 3. The Hall–Kier alpha value is -3.17. The van der Waals surface area contributed by atoms with Gasteiger partial charge in [0.2, 0.25) is 11.8 Å². The number of hydrogen-bond acceptors (Lipinski definition) is 4. The predicted molar refractivity (Wildman–Crippen MR) is 104 cm³/mol. The Morgan fingerprint density at radius 2 is 2.00 bits per heavy atom. The van der Waals surface area contributed by atoms with Gasteiger partial charge in [0, 0.05) is 26.2 Å². The van der Waals surface area contributed by atoms with Crippen LogP contribution in [0, 0.1) is 12.7 Å². The number of nitrogens with zero attached hydrogens (tertiary/aromatic N) is 3. The zero-order chi connectivity index (χ0) is 22.2. The number of nitrogens with one attached hydrogen (secondary N) is 1. The summed E-state index contributed by atoms with van der Waals surface area (Å²) in [4.78, 5) is 31.9. The molecule has 0 unspecified atom stereocenters. The molecule has 6 nitrogen and oxygen atoms in total. The van der Waals surface area contributed by atoms with Crippen molar-refractivity contribution in [2.24, 2.45) is 0 Å². The van der Waals surface area contributed by atoms with Crippen molar-refractivity contribution in [2.75, 3.05) is 29.2 Å². The molecule has 0 saturated carbocycles. The lowest BCUT2D eigenvalue weighted by Gasteiger charge is -2.29. The van der Waals surface area contributed by atoms with Crippen LogP contribution < -0.4 is 15.1 Å². The van der Waals surface area contributed by atoms with Gasteiger partial charge in [0.15, 0.2) is 0 Å². The first-order valence-electron chi connectivity index (χ1n) is 9.16. The molecule has 0 aliphatic carbocycles. The Morgan fingerprint density at radius 3 is 2.63 bits per heavy atom. The van der Waals surface area contributed by atoms with Crippen LogP contribution in [-0.4, -0.2) is 36.9 Å². The van der Waals surface area contributed by atoms with E-state index in [0.29, 0.717) is 0 Å². The van der Waals surface area contributed by atoms with Crippen molar-refractivity contribution in [3.8, 4) is 0 Å². The fraction of sp³-hybridized carbons (Fsp3) is 0.350. The van der Waals surface area contributed by atoms with E-state index >= 15 is 0 Å². The summed E-state index contributed by atoms with van der Waals surface area (Å²) in [6.45, 7) is 1.38. The Bertz CT molecular complexity index is 993. The monoisotopic (exact) mass is 424 g/mol. The van der Waals surface area contributed by atoms with Crippen LogP contribution in [0.15, 0.2) is 30.3 Å². The largest absolute Gasteiger partial charge is 0.416 e. The van der Waals surface area contributed by atoms with E-state index in [-0.39, 0.29) is 35.7 Å². The Morgan fingerprint density at radius 1 is 1.30 bits per heavy atom. The van der Waals surface area contributed by atoms with Crippen molar-refractivity contribution in [2.45, 2.75) is 32.0 Å². The van der Waals surface area contributed by atoms with Gasteiger partial charge in [-0.15, -0.1) is 0 Å². The summed E-state index contributed by atoms with van der Waals surface area (Å²) in [5.74, 6) is -1.85. The lowest BCUT2D eigenvalue weighted by Crippen LogP contribution is -2.46. The summed E-state index contributed by atoms with van der Waals surface area (Å²) < 4.78 is 53.7. The van der Waals surface area contributed by atoms with E-state index in [1.165, 1.54) is 44.1 Å². The Balaban J connectivity index is 1.99. The van der Waals surface area contributed by atoms with Gasteiger partial charge < -0.3 is 10.2 Å². The summed E-state index contributed by atoms with van der Waals surface area (Å²) in [6, 6.07) is 4.78. The smallest absolute Gasteiger partial charge is 0.384 e. The first-order chi connectivity index (χ1) is 14.0. The minimum Gasteiger partial charge on any atom is -0.384 e. The van der Waals surface area contributed by atoms with Gasteiger partial charge in [-0.05, 0) is 37.6 Å². The molecule has 1 aliphatic heterocycles. The predicted octanol–water partition coefficient (Wildman–Crippen LogP) is 3.75. The SMILES string of the molecule is CNc1c(F)cccc1N(C)C(=O)[C@@H]1CCC(=O)N1c1cc(C(F)(F)F)cc(C)n1. The molecule has 2 amide bonds. The van der Waals surface area contributed by atoms with Gasteiger partial charge in [-0.1, -0.05) is 6.07 Å². The third kappa shape index (κ3) is 3.94. The topological polar surface area (TPSA) is 65.5 Å². The lowest BCUT2D eigenvalue weighted by molar-refractivity contribution is -0.137. The number of carbonyl (C=O) groups excluding carboxylic acids is 2. The molecule has 160 valence electrons. The standard InChI is InChI=1S/C20H20F4N4O2/c1-11-9-12(20(22,23)24)10-16(26-11)28-15(7-8-17(28)29)19(30)27(3)14-6-4-5-13(21)18(14)25-2/h4-6,9-10,15,25H,7-8H2,1-3H3/t15-/m0/s1. The highest BCUT2D eigenvalue weighted by atomic mass is 19.4. The van der Waals surface area contributed by atoms with E-state index < -0.39 is 35.4 Å². The molecule has 0 spiro atoms. The molecule has 1 saturated heterocycles. The average molecular weight is 424 g/mol. The number of rotatable bonds is 4. The summed E-state index contributed by atoms with van der Waals surface area (Å²) in [5, 5.41) is 2.69. The summed E-state index contributed by atoms with van der Waals surface area (Å²) in [7, 11) is 2.92. The second-order valence-electron chi connectivity index (χ2n) is 6.95. The van der Waals surface area contributed by atoms with Crippen LogP contribution in [0.25, 0.3) is 0 Å². The van der Waals surface area contributed by atoms with Gasteiger partial charge in [0.05, 0.1) is 16.9 Å². The quantitative estimate of drug-likeness (QED) is 0.760. The summed E-state index contributed by atoms with van der Waals surface area (Å²) >= 11 is 0. The molecule has 1 aliphatic rings. The van der Waals surface area contributed by atoms with E-state index in [1.807, 2.05) is 0 Å². The highest BCUT2D eigenvalue weighted by Crippen LogP contribution is 2.35. The third-order valence-electron chi connectivity index (χ3n) is 4.94. The summed E-state index contributed by atoms with van der Waals surface area (Å²) in [6.07, 6.45) is -4.52. The molecule has 1 atom stereocenters. The first kappa shape index (κ1) is 21.5. The molecule has 30 heavy (non-hydrogen) atoms. The molecule has 1 fully saturated rings.